The second-order valence-corrected chi connectivity index (χ2v) is 4.84. The standard InChI is InChI=1S/C12H7BrF3NO3/c1-5-2-3-7(13)6(4-5)10-17-9(12(14,15)16)8(20-10)11(18)19/h2-4H,1H3,(H,18,19). The molecule has 106 valence electrons. The van der Waals surface area contributed by atoms with Crippen molar-refractivity contribution in [3.63, 3.8) is 0 Å². The van der Waals surface area contributed by atoms with Gasteiger partial charge in [0.05, 0.1) is 5.56 Å². The molecular formula is C12H7BrF3NO3. The van der Waals surface area contributed by atoms with E-state index in [2.05, 4.69) is 20.9 Å². The number of halogens is 4. The van der Waals surface area contributed by atoms with Crippen molar-refractivity contribution >= 4 is 21.9 Å². The SMILES string of the molecule is Cc1ccc(Br)c(-c2nc(C(F)(F)F)c(C(=O)O)o2)c1. The fraction of sp³-hybridized carbons (Fsp3) is 0.167. The number of nitrogens with zero attached hydrogens (tertiary/aromatic N) is 1. The maximum absolute atomic E-state index is 12.7. The molecule has 1 heterocycles. The maximum Gasteiger partial charge on any atom is 0.437 e. The molecule has 1 aromatic heterocycles. The highest BCUT2D eigenvalue weighted by molar-refractivity contribution is 9.10. The van der Waals surface area contributed by atoms with Crippen molar-refractivity contribution in [3.05, 3.63) is 39.7 Å². The van der Waals surface area contributed by atoms with Gasteiger partial charge in [0, 0.05) is 4.47 Å². The van der Waals surface area contributed by atoms with E-state index in [1.54, 1.807) is 25.1 Å². The third kappa shape index (κ3) is 2.69. The van der Waals surface area contributed by atoms with Crippen LogP contribution >= 0.6 is 15.9 Å². The molecule has 0 saturated heterocycles. The quantitative estimate of drug-likeness (QED) is 0.885. The molecule has 0 aliphatic carbocycles. The van der Waals surface area contributed by atoms with Gasteiger partial charge < -0.3 is 9.52 Å². The Balaban J connectivity index is 2.65. The number of aromatic nitrogens is 1. The lowest BCUT2D eigenvalue weighted by Crippen LogP contribution is -2.11. The highest BCUT2D eigenvalue weighted by atomic mass is 79.9. The average Bonchev–Trinajstić information content (AvgIpc) is 2.77. The van der Waals surface area contributed by atoms with Gasteiger partial charge in [0.2, 0.25) is 11.7 Å². The molecule has 20 heavy (non-hydrogen) atoms. The Morgan fingerprint density at radius 2 is 2.05 bits per heavy atom. The third-order valence-corrected chi connectivity index (χ3v) is 3.13. The second-order valence-electron chi connectivity index (χ2n) is 3.98. The summed E-state index contributed by atoms with van der Waals surface area (Å²) < 4.78 is 43.4. The largest absolute Gasteiger partial charge is 0.475 e. The van der Waals surface area contributed by atoms with Crippen LogP contribution in [0.15, 0.2) is 27.1 Å². The molecule has 0 aliphatic heterocycles. The van der Waals surface area contributed by atoms with Crippen molar-refractivity contribution in [2.75, 3.05) is 0 Å². The van der Waals surface area contributed by atoms with Crippen molar-refractivity contribution in [2.45, 2.75) is 13.1 Å². The van der Waals surface area contributed by atoms with Crippen LogP contribution in [0, 0.1) is 6.92 Å². The molecule has 0 bridgehead atoms. The number of aryl methyl sites for hydroxylation is 1. The number of hydrogen-bond acceptors (Lipinski definition) is 3. The number of aromatic carboxylic acids is 1. The maximum atomic E-state index is 12.7. The summed E-state index contributed by atoms with van der Waals surface area (Å²) >= 11 is 3.16. The van der Waals surface area contributed by atoms with Crippen LogP contribution < -0.4 is 0 Å². The number of carboxylic acids is 1. The van der Waals surface area contributed by atoms with Crippen LogP contribution in [0.5, 0.6) is 0 Å². The summed E-state index contributed by atoms with van der Waals surface area (Å²) in [4.78, 5) is 14.1. The highest BCUT2D eigenvalue weighted by Crippen LogP contribution is 2.36. The molecule has 1 aromatic carbocycles. The molecule has 0 unspecified atom stereocenters. The van der Waals surface area contributed by atoms with Crippen LogP contribution in [-0.4, -0.2) is 16.1 Å². The summed E-state index contributed by atoms with van der Waals surface area (Å²) in [5, 5.41) is 8.77. The van der Waals surface area contributed by atoms with Gasteiger partial charge in [-0.25, -0.2) is 9.78 Å². The van der Waals surface area contributed by atoms with E-state index in [1.165, 1.54) is 0 Å². The van der Waals surface area contributed by atoms with Gasteiger partial charge in [-0.3, -0.25) is 0 Å². The van der Waals surface area contributed by atoms with Gasteiger partial charge in [-0.1, -0.05) is 11.6 Å². The summed E-state index contributed by atoms with van der Waals surface area (Å²) in [7, 11) is 0. The number of oxazole rings is 1. The molecule has 0 saturated carbocycles. The van der Waals surface area contributed by atoms with Crippen LogP contribution in [0.4, 0.5) is 13.2 Å². The zero-order valence-corrected chi connectivity index (χ0v) is 11.5. The van der Waals surface area contributed by atoms with Gasteiger partial charge in [-0.05, 0) is 35.0 Å². The van der Waals surface area contributed by atoms with E-state index in [-0.39, 0.29) is 5.56 Å². The predicted octanol–water partition coefficient (Wildman–Crippen LogP) is 4.13. The van der Waals surface area contributed by atoms with Crippen LogP contribution in [-0.2, 0) is 6.18 Å². The van der Waals surface area contributed by atoms with E-state index in [0.717, 1.165) is 5.56 Å². The lowest BCUT2D eigenvalue weighted by Gasteiger charge is -2.01. The summed E-state index contributed by atoms with van der Waals surface area (Å²) in [5.74, 6) is -3.44. The second kappa shape index (κ2) is 4.93. The summed E-state index contributed by atoms with van der Waals surface area (Å²) in [6.45, 7) is 1.74. The molecule has 1 N–H and O–H groups in total. The van der Waals surface area contributed by atoms with E-state index >= 15 is 0 Å². The van der Waals surface area contributed by atoms with Crippen molar-refractivity contribution in [1.82, 2.24) is 4.98 Å². The van der Waals surface area contributed by atoms with Gasteiger partial charge >= 0.3 is 12.1 Å². The monoisotopic (exact) mass is 349 g/mol. The molecule has 0 aliphatic rings. The first-order valence-electron chi connectivity index (χ1n) is 5.28. The fourth-order valence-electron chi connectivity index (χ4n) is 1.58. The zero-order valence-electron chi connectivity index (χ0n) is 9.95. The number of alkyl halides is 3. The van der Waals surface area contributed by atoms with Crippen LogP contribution in [0.25, 0.3) is 11.5 Å². The smallest absolute Gasteiger partial charge is 0.437 e. The predicted molar refractivity (Wildman–Crippen MR) is 66.3 cm³/mol. The van der Waals surface area contributed by atoms with Crippen molar-refractivity contribution < 1.29 is 27.5 Å². The van der Waals surface area contributed by atoms with E-state index in [4.69, 9.17) is 9.52 Å². The number of rotatable bonds is 2. The Bertz CT molecular complexity index is 679. The third-order valence-electron chi connectivity index (χ3n) is 2.44. The Morgan fingerprint density at radius 1 is 1.40 bits per heavy atom. The van der Waals surface area contributed by atoms with Crippen LogP contribution in [0.3, 0.4) is 0 Å². The molecule has 8 heteroatoms. The molecule has 0 atom stereocenters. The lowest BCUT2D eigenvalue weighted by molar-refractivity contribution is -0.141. The summed E-state index contributed by atoms with van der Waals surface area (Å²) in [6.07, 6.45) is -4.90. The van der Waals surface area contributed by atoms with Gasteiger partial charge in [-0.15, -0.1) is 0 Å². The molecule has 0 radical (unpaired) electrons. The summed E-state index contributed by atoms with van der Waals surface area (Å²) in [5.41, 5.74) is -0.525. The highest BCUT2D eigenvalue weighted by Gasteiger charge is 2.41. The first-order chi connectivity index (χ1) is 9.20. The first kappa shape index (κ1) is 14.6. The summed E-state index contributed by atoms with van der Waals surface area (Å²) in [6, 6.07) is 4.89. The first-order valence-corrected chi connectivity index (χ1v) is 6.07. The van der Waals surface area contributed by atoms with Gasteiger partial charge in [0.1, 0.15) is 0 Å². The number of carbonyl (C=O) groups is 1. The van der Waals surface area contributed by atoms with Crippen molar-refractivity contribution in [3.8, 4) is 11.5 Å². The Labute approximate surface area is 119 Å². The topological polar surface area (TPSA) is 63.3 Å². The lowest BCUT2D eigenvalue weighted by atomic mass is 10.1. The van der Waals surface area contributed by atoms with Gasteiger partial charge in [-0.2, -0.15) is 13.2 Å². The Hall–Kier alpha value is -1.83. The van der Waals surface area contributed by atoms with Crippen molar-refractivity contribution in [1.29, 1.82) is 0 Å². The fourth-order valence-corrected chi connectivity index (χ4v) is 1.99. The minimum absolute atomic E-state index is 0.253. The molecule has 2 aromatic rings. The number of carboxylic acid groups (broad SMARTS) is 1. The molecule has 4 nitrogen and oxygen atoms in total. The van der Waals surface area contributed by atoms with Crippen LogP contribution in [0.1, 0.15) is 21.8 Å². The van der Waals surface area contributed by atoms with Crippen LogP contribution in [0.2, 0.25) is 0 Å². The van der Waals surface area contributed by atoms with Gasteiger partial charge in [0.15, 0.2) is 5.69 Å². The van der Waals surface area contributed by atoms with E-state index in [0.29, 0.717) is 4.47 Å². The van der Waals surface area contributed by atoms with E-state index < -0.39 is 29.5 Å². The van der Waals surface area contributed by atoms with Gasteiger partial charge in [0.25, 0.3) is 0 Å². The number of benzene rings is 1. The molecule has 2 rings (SSSR count). The minimum atomic E-state index is -4.90. The average molecular weight is 350 g/mol. The Morgan fingerprint density at radius 3 is 2.55 bits per heavy atom. The molecular weight excluding hydrogens is 343 g/mol. The molecule has 0 amide bonds. The molecule has 0 spiro atoms. The minimum Gasteiger partial charge on any atom is -0.475 e. The zero-order chi connectivity index (χ0) is 15.1. The van der Waals surface area contributed by atoms with E-state index in [9.17, 15) is 18.0 Å². The number of hydrogen-bond donors (Lipinski definition) is 1. The Kier molecular flexibility index (Phi) is 3.59. The van der Waals surface area contributed by atoms with E-state index in [1.807, 2.05) is 0 Å². The molecule has 0 fully saturated rings. The van der Waals surface area contributed by atoms with Crippen molar-refractivity contribution in [2.24, 2.45) is 0 Å². The normalized spacial score (nSPS) is 11.7.